The third-order valence-corrected chi connectivity index (χ3v) is 3.16. The average molecular weight is 209 g/mol. The van der Waals surface area contributed by atoms with Crippen molar-refractivity contribution in [3.05, 3.63) is 18.2 Å². The lowest BCUT2D eigenvalue weighted by molar-refractivity contribution is 0.149. The summed E-state index contributed by atoms with van der Waals surface area (Å²) in [7, 11) is 2.01. The summed E-state index contributed by atoms with van der Waals surface area (Å²) in [5.41, 5.74) is 0. The van der Waals surface area contributed by atoms with Crippen LogP contribution in [0.2, 0.25) is 0 Å². The van der Waals surface area contributed by atoms with Crippen molar-refractivity contribution in [3.8, 4) is 0 Å². The number of aliphatic hydroxyl groups is 1. The SMILES string of the molecule is Cn1ccnc1CCNC1CCCC1O. The molecule has 0 saturated heterocycles. The minimum Gasteiger partial charge on any atom is -0.392 e. The minimum atomic E-state index is -0.147. The predicted molar refractivity (Wildman–Crippen MR) is 58.6 cm³/mol. The fraction of sp³-hybridized carbons (Fsp3) is 0.727. The van der Waals surface area contributed by atoms with Crippen molar-refractivity contribution >= 4 is 0 Å². The van der Waals surface area contributed by atoms with Crippen LogP contribution in [-0.4, -0.2) is 33.3 Å². The number of rotatable bonds is 4. The lowest BCUT2D eigenvalue weighted by Crippen LogP contribution is -2.37. The maximum Gasteiger partial charge on any atom is 0.109 e. The molecule has 2 N–H and O–H groups in total. The average Bonchev–Trinajstić information content (AvgIpc) is 2.78. The van der Waals surface area contributed by atoms with Gasteiger partial charge in [-0.1, -0.05) is 0 Å². The zero-order valence-electron chi connectivity index (χ0n) is 9.19. The first kappa shape index (κ1) is 10.6. The predicted octanol–water partition coefficient (Wildman–Crippen LogP) is 0.466. The van der Waals surface area contributed by atoms with Crippen LogP contribution in [0.5, 0.6) is 0 Å². The number of hydrogen-bond acceptors (Lipinski definition) is 3. The summed E-state index contributed by atoms with van der Waals surface area (Å²) in [4.78, 5) is 4.26. The van der Waals surface area contributed by atoms with Crippen molar-refractivity contribution in [2.45, 2.75) is 37.8 Å². The fourth-order valence-electron chi connectivity index (χ4n) is 2.19. The number of aryl methyl sites for hydroxylation is 1. The second kappa shape index (κ2) is 4.77. The van der Waals surface area contributed by atoms with Crippen LogP contribution < -0.4 is 5.32 Å². The summed E-state index contributed by atoms with van der Waals surface area (Å²) in [6.45, 7) is 0.895. The van der Waals surface area contributed by atoms with E-state index >= 15 is 0 Å². The Morgan fingerprint density at radius 2 is 2.47 bits per heavy atom. The fourth-order valence-corrected chi connectivity index (χ4v) is 2.19. The molecule has 0 amide bonds. The summed E-state index contributed by atoms with van der Waals surface area (Å²) in [6.07, 6.45) is 7.74. The van der Waals surface area contributed by atoms with Crippen LogP contribution in [0, 0.1) is 0 Å². The number of hydrogen-bond donors (Lipinski definition) is 2. The summed E-state index contributed by atoms with van der Waals surface area (Å²) >= 11 is 0. The van der Waals surface area contributed by atoms with Gasteiger partial charge in [-0.2, -0.15) is 0 Å². The van der Waals surface area contributed by atoms with E-state index in [0.717, 1.165) is 38.1 Å². The van der Waals surface area contributed by atoms with Crippen molar-refractivity contribution in [1.29, 1.82) is 0 Å². The van der Waals surface area contributed by atoms with Gasteiger partial charge < -0.3 is 15.0 Å². The maximum absolute atomic E-state index is 9.62. The summed E-state index contributed by atoms with van der Waals surface area (Å²) < 4.78 is 2.03. The number of aliphatic hydroxyl groups excluding tert-OH is 1. The Kier molecular flexibility index (Phi) is 3.38. The highest BCUT2D eigenvalue weighted by molar-refractivity contribution is 4.92. The highest BCUT2D eigenvalue weighted by Gasteiger charge is 2.24. The van der Waals surface area contributed by atoms with Crippen molar-refractivity contribution in [1.82, 2.24) is 14.9 Å². The van der Waals surface area contributed by atoms with Gasteiger partial charge in [0, 0.05) is 38.4 Å². The van der Waals surface area contributed by atoms with Gasteiger partial charge in [0.25, 0.3) is 0 Å². The molecule has 84 valence electrons. The van der Waals surface area contributed by atoms with Crippen molar-refractivity contribution in [2.24, 2.45) is 7.05 Å². The van der Waals surface area contributed by atoms with E-state index in [1.807, 2.05) is 24.0 Å². The van der Waals surface area contributed by atoms with E-state index in [9.17, 15) is 5.11 Å². The van der Waals surface area contributed by atoms with Crippen LogP contribution in [0.15, 0.2) is 12.4 Å². The first-order valence-electron chi connectivity index (χ1n) is 5.65. The second-order valence-electron chi connectivity index (χ2n) is 4.26. The van der Waals surface area contributed by atoms with E-state index in [4.69, 9.17) is 0 Å². The highest BCUT2D eigenvalue weighted by atomic mass is 16.3. The summed E-state index contributed by atoms with van der Waals surface area (Å²) in [5, 5.41) is 13.0. The van der Waals surface area contributed by atoms with Crippen LogP contribution in [0.1, 0.15) is 25.1 Å². The topological polar surface area (TPSA) is 50.1 Å². The zero-order chi connectivity index (χ0) is 10.7. The van der Waals surface area contributed by atoms with Crippen LogP contribution in [0.4, 0.5) is 0 Å². The molecule has 1 aromatic heterocycles. The number of nitrogens with zero attached hydrogens (tertiary/aromatic N) is 2. The lowest BCUT2D eigenvalue weighted by atomic mass is 10.2. The Balaban J connectivity index is 1.73. The number of imidazole rings is 1. The smallest absolute Gasteiger partial charge is 0.109 e. The molecule has 1 saturated carbocycles. The molecule has 1 heterocycles. The van der Waals surface area contributed by atoms with Crippen molar-refractivity contribution < 1.29 is 5.11 Å². The molecule has 1 aromatic rings. The normalized spacial score (nSPS) is 26.0. The summed E-state index contributed by atoms with van der Waals surface area (Å²) in [5.74, 6) is 1.09. The van der Waals surface area contributed by atoms with Gasteiger partial charge in [0.15, 0.2) is 0 Å². The van der Waals surface area contributed by atoms with Gasteiger partial charge in [-0.15, -0.1) is 0 Å². The van der Waals surface area contributed by atoms with E-state index in [2.05, 4.69) is 10.3 Å². The monoisotopic (exact) mass is 209 g/mol. The quantitative estimate of drug-likeness (QED) is 0.757. The molecule has 0 aliphatic heterocycles. The number of nitrogens with one attached hydrogen (secondary N) is 1. The van der Waals surface area contributed by atoms with Crippen LogP contribution in [0.25, 0.3) is 0 Å². The lowest BCUT2D eigenvalue weighted by Gasteiger charge is -2.15. The zero-order valence-corrected chi connectivity index (χ0v) is 9.19. The van der Waals surface area contributed by atoms with Gasteiger partial charge in [0.05, 0.1) is 6.10 Å². The Bertz CT molecular complexity index is 311. The van der Waals surface area contributed by atoms with Gasteiger partial charge in [-0.05, 0) is 19.3 Å². The molecule has 1 aliphatic rings. The molecular formula is C11H19N3O. The minimum absolute atomic E-state index is 0.147. The number of aromatic nitrogens is 2. The van der Waals surface area contributed by atoms with Gasteiger partial charge >= 0.3 is 0 Å². The molecule has 1 fully saturated rings. The molecule has 2 atom stereocenters. The molecule has 0 spiro atoms. The third kappa shape index (κ3) is 2.58. The van der Waals surface area contributed by atoms with E-state index in [0.29, 0.717) is 6.04 Å². The first-order valence-corrected chi connectivity index (χ1v) is 5.65. The Labute approximate surface area is 90.3 Å². The van der Waals surface area contributed by atoms with Gasteiger partial charge in [-0.25, -0.2) is 4.98 Å². The van der Waals surface area contributed by atoms with Crippen molar-refractivity contribution in [3.63, 3.8) is 0 Å². The largest absolute Gasteiger partial charge is 0.392 e. The molecule has 0 aromatic carbocycles. The molecular weight excluding hydrogens is 190 g/mol. The summed E-state index contributed by atoms with van der Waals surface area (Å²) in [6, 6.07) is 0.297. The highest BCUT2D eigenvalue weighted by Crippen LogP contribution is 2.18. The van der Waals surface area contributed by atoms with E-state index in [1.165, 1.54) is 0 Å². The van der Waals surface area contributed by atoms with E-state index in [1.54, 1.807) is 0 Å². The molecule has 15 heavy (non-hydrogen) atoms. The standard InChI is InChI=1S/C11H19N3O/c1-14-8-7-13-11(14)5-6-12-9-3-2-4-10(9)15/h7-10,12,15H,2-6H2,1H3. The molecule has 4 nitrogen and oxygen atoms in total. The van der Waals surface area contributed by atoms with Crippen LogP contribution in [-0.2, 0) is 13.5 Å². The molecule has 2 rings (SSSR count). The molecule has 1 aliphatic carbocycles. The molecule has 4 heteroatoms. The molecule has 0 radical (unpaired) electrons. The Morgan fingerprint density at radius 3 is 3.07 bits per heavy atom. The first-order chi connectivity index (χ1) is 7.27. The van der Waals surface area contributed by atoms with E-state index < -0.39 is 0 Å². The van der Waals surface area contributed by atoms with Crippen LogP contribution in [0.3, 0.4) is 0 Å². The van der Waals surface area contributed by atoms with E-state index in [-0.39, 0.29) is 6.10 Å². The molecule has 2 unspecified atom stereocenters. The van der Waals surface area contributed by atoms with Gasteiger partial charge in [0.2, 0.25) is 0 Å². The van der Waals surface area contributed by atoms with Gasteiger partial charge in [-0.3, -0.25) is 0 Å². The van der Waals surface area contributed by atoms with Crippen molar-refractivity contribution in [2.75, 3.05) is 6.54 Å². The maximum atomic E-state index is 9.62. The molecule has 0 bridgehead atoms. The Hall–Kier alpha value is -0.870. The Morgan fingerprint density at radius 1 is 1.60 bits per heavy atom. The second-order valence-corrected chi connectivity index (χ2v) is 4.26. The van der Waals surface area contributed by atoms with Crippen LogP contribution >= 0.6 is 0 Å². The third-order valence-electron chi connectivity index (χ3n) is 3.16. The van der Waals surface area contributed by atoms with Gasteiger partial charge in [0.1, 0.15) is 5.82 Å².